The summed E-state index contributed by atoms with van der Waals surface area (Å²) < 4.78 is 1.47. The van der Waals surface area contributed by atoms with Crippen LogP contribution in [0.2, 0.25) is 0 Å². The molecule has 0 aliphatic heterocycles. The summed E-state index contributed by atoms with van der Waals surface area (Å²) in [5.41, 5.74) is 3.66. The fraction of sp³-hybridized carbons (Fsp3) is 0.133. The molecule has 2 heterocycles. The van der Waals surface area contributed by atoms with E-state index in [1.807, 2.05) is 43.3 Å². The molecule has 1 aromatic carbocycles. The van der Waals surface area contributed by atoms with Gasteiger partial charge >= 0.3 is 0 Å². The summed E-state index contributed by atoms with van der Waals surface area (Å²) >= 11 is 1.50. The Bertz CT molecular complexity index is 789. The summed E-state index contributed by atoms with van der Waals surface area (Å²) in [6, 6.07) is 11.8. The van der Waals surface area contributed by atoms with Crippen molar-refractivity contribution in [1.29, 1.82) is 0 Å². The summed E-state index contributed by atoms with van der Waals surface area (Å²) in [6.45, 7) is 5.83. The molecular formula is C15H16N6S. The van der Waals surface area contributed by atoms with Crippen LogP contribution in [0.25, 0.3) is 22.8 Å². The van der Waals surface area contributed by atoms with E-state index in [2.05, 4.69) is 27.0 Å². The predicted molar refractivity (Wildman–Crippen MR) is 88.7 cm³/mol. The first-order valence-electron chi connectivity index (χ1n) is 6.74. The second kappa shape index (κ2) is 6.07. The highest BCUT2D eigenvalue weighted by Crippen LogP contribution is 2.24. The monoisotopic (exact) mass is 312 g/mol. The normalized spacial score (nSPS) is 10.8. The number of hydrogen-bond donors (Lipinski definition) is 2. The maximum Gasteiger partial charge on any atom is 0.210 e. The van der Waals surface area contributed by atoms with Crippen molar-refractivity contribution < 1.29 is 0 Å². The average Bonchev–Trinajstić information content (AvgIpc) is 3.13. The Morgan fingerprint density at radius 1 is 1.32 bits per heavy atom. The highest BCUT2D eigenvalue weighted by atomic mass is 32.2. The first-order chi connectivity index (χ1) is 10.6. The van der Waals surface area contributed by atoms with Crippen molar-refractivity contribution in [2.45, 2.75) is 12.1 Å². The summed E-state index contributed by atoms with van der Waals surface area (Å²) in [7, 11) is 0. The molecule has 0 aliphatic rings. The molecule has 3 aromatic rings. The van der Waals surface area contributed by atoms with Gasteiger partial charge in [0.25, 0.3) is 0 Å². The minimum atomic E-state index is 0.555. The quantitative estimate of drug-likeness (QED) is 0.430. The van der Waals surface area contributed by atoms with Gasteiger partial charge in [0.1, 0.15) is 5.69 Å². The second-order valence-corrected chi connectivity index (χ2v) is 5.90. The number of aromatic nitrogens is 5. The molecule has 0 spiro atoms. The van der Waals surface area contributed by atoms with E-state index in [9.17, 15) is 0 Å². The highest BCUT2D eigenvalue weighted by Gasteiger charge is 2.15. The van der Waals surface area contributed by atoms with Crippen molar-refractivity contribution in [3.05, 3.63) is 48.6 Å². The molecule has 0 fully saturated rings. The van der Waals surface area contributed by atoms with E-state index in [1.54, 1.807) is 0 Å². The lowest BCUT2D eigenvalue weighted by atomic mass is 10.1. The van der Waals surface area contributed by atoms with Crippen LogP contribution in [0.15, 0.2) is 53.7 Å². The number of benzene rings is 1. The number of thioether (sulfide) groups is 1. The molecular weight excluding hydrogens is 296 g/mol. The minimum Gasteiger partial charge on any atom is -0.335 e. The van der Waals surface area contributed by atoms with E-state index < -0.39 is 0 Å². The molecule has 112 valence electrons. The minimum absolute atomic E-state index is 0.555. The Kier molecular flexibility index (Phi) is 3.97. The van der Waals surface area contributed by atoms with Gasteiger partial charge in [0.05, 0.1) is 5.69 Å². The molecule has 3 N–H and O–H groups in total. The molecule has 0 amide bonds. The van der Waals surface area contributed by atoms with Crippen molar-refractivity contribution in [1.82, 2.24) is 25.1 Å². The standard InChI is InChI=1S/C15H16N6S/c1-10(2)9-22-15-20-19-14(21(15)16)13-8-12(17-18-13)11-6-4-3-5-7-11/h3-8H,1,9,16H2,2H3,(H,17,18). The van der Waals surface area contributed by atoms with Crippen LogP contribution in [0.3, 0.4) is 0 Å². The molecule has 0 atom stereocenters. The van der Waals surface area contributed by atoms with Crippen LogP contribution < -0.4 is 5.84 Å². The average molecular weight is 312 g/mol. The molecule has 0 saturated heterocycles. The number of nitrogen functional groups attached to an aromatic ring is 1. The molecule has 0 radical (unpaired) electrons. The molecule has 0 aliphatic carbocycles. The molecule has 2 aromatic heterocycles. The summed E-state index contributed by atoms with van der Waals surface area (Å²) in [6.07, 6.45) is 0. The van der Waals surface area contributed by atoms with Crippen molar-refractivity contribution in [3.63, 3.8) is 0 Å². The van der Waals surface area contributed by atoms with E-state index in [1.165, 1.54) is 16.4 Å². The van der Waals surface area contributed by atoms with Crippen LogP contribution in [0.5, 0.6) is 0 Å². The smallest absolute Gasteiger partial charge is 0.210 e. The van der Waals surface area contributed by atoms with Gasteiger partial charge in [-0.05, 0) is 13.0 Å². The number of nitrogens with one attached hydrogen (secondary N) is 1. The second-order valence-electron chi connectivity index (χ2n) is 4.95. The third-order valence-corrected chi connectivity index (χ3v) is 4.17. The van der Waals surface area contributed by atoms with Gasteiger partial charge in [0.2, 0.25) is 11.0 Å². The molecule has 0 saturated carbocycles. The Labute approximate surface area is 132 Å². The first kappa shape index (κ1) is 14.4. The molecule has 0 bridgehead atoms. The van der Waals surface area contributed by atoms with Crippen LogP contribution in [-0.4, -0.2) is 30.8 Å². The fourth-order valence-corrected chi connectivity index (χ4v) is 2.64. The number of H-pyrrole nitrogens is 1. The van der Waals surface area contributed by atoms with Crippen LogP contribution in [0.1, 0.15) is 6.92 Å². The van der Waals surface area contributed by atoms with Crippen molar-refractivity contribution >= 4 is 11.8 Å². The lowest BCUT2D eigenvalue weighted by Crippen LogP contribution is -2.11. The van der Waals surface area contributed by atoms with Gasteiger partial charge in [-0.1, -0.05) is 54.2 Å². The molecule has 0 unspecified atom stereocenters. The van der Waals surface area contributed by atoms with Crippen molar-refractivity contribution in [2.24, 2.45) is 0 Å². The molecule has 22 heavy (non-hydrogen) atoms. The topological polar surface area (TPSA) is 85.4 Å². The Morgan fingerprint density at radius 2 is 2.09 bits per heavy atom. The van der Waals surface area contributed by atoms with E-state index >= 15 is 0 Å². The first-order valence-corrected chi connectivity index (χ1v) is 7.72. The number of nitrogens with two attached hydrogens (primary N) is 1. The van der Waals surface area contributed by atoms with E-state index in [4.69, 9.17) is 5.84 Å². The van der Waals surface area contributed by atoms with E-state index in [0.717, 1.165) is 28.3 Å². The summed E-state index contributed by atoms with van der Waals surface area (Å²) in [4.78, 5) is 0. The zero-order valence-electron chi connectivity index (χ0n) is 12.2. The third kappa shape index (κ3) is 2.89. The SMILES string of the molecule is C=C(C)CSc1nnc(-c2cc(-c3ccccc3)n[nH]2)n1N. The van der Waals surface area contributed by atoms with Crippen LogP contribution >= 0.6 is 11.8 Å². The van der Waals surface area contributed by atoms with Gasteiger partial charge in [-0.15, -0.1) is 10.2 Å². The third-order valence-electron chi connectivity index (χ3n) is 3.00. The summed E-state index contributed by atoms with van der Waals surface area (Å²) in [5, 5.41) is 16.2. The maximum atomic E-state index is 6.06. The van der Waals surface area contributed by atoms with Crippen molar-refractivity contribution in [3.8, 4) is 22.8 Å². The summed E-state index contributed by atoms with van der Waals surface area (Å²) in [5.74, 6) is 7.37. The number of nitrogens with zero attached hydrogens (tertiary/aromatic N) is 4. The van der Waals surface area contributed by atoms with Gasteiger partial charge in [-0.3, -0.25) is 5.10 Å². The van der Waals surface area contributed by atoms with Crippen LogP contribution in [0, 0.1) is 0 Å². The lowest BCUT2D eigenvalue weighted by Gasteiger charge is -2.01. The Morgan fingerprint density at radius 3 is 2.82 bits per heavy atom. The van der Waals surface area contributed by atoms with E-state index in [0.29, 0.717) is 11.0 Å². The zero-order chi connectivity index (χ0) is 15.5. The predicted octanol–water partition coefficient (Wildman–Crippen LogP) is 2.72. The largest absolute Gasteiger partial charge is 0.335 e. The van der Waals surface area contributed by atoms with Crippen LogP contribution in [-0.2, 0) is 0 Å². The van der Waals surface area contributed by atoms with Gasteiger partial charge in [-0.25, -0.2) is 4.68 Å². The Balaban J connectivity index is 1.86. The fourth-order valence-electron chi connectivity index (χ4n) is 1.94. The molecule has 6 nitrogen and oxygen atoms in total. The highest BCUT2D eigenvalue weighted by molar-refractivity contribution is 7.99. The van der Waals surface area contributed by atoms with Gasteiger partial charge in [0, 0.05) is 11.3 Å². The number of rotatable bonds is 5. The van der Waals surface area contributed by atoms with Gasteiger partial charge in [-0.2, -0.15) is 5.10 Å². The zero-order valence-corrected chi connectivity index (χ0v) is 13.0. The van der Waals surface area contributed by atoms with Gasteiger partial charge in [0.15, 0.2) is 0 Å². The van der Waals surface area contributed by atoms with E-state index in [-0.39, 0.29) is 0 Å². The number of aromatic amines is 1. The molecule has 3 rings (SSSR count). The molecule has 7 heteroatoms. The Hall–Kier alpha value is -2.54. The van der Waals surface area contributed by atoms with Crippen molar-refractivity contribution in [2.75, 3.05) is 11.6 Å². The van der Waals surface area contributed by atoms with Crippen LogP contribution in [0.4, 0.5) is 0 Å². The lowest BCUT2D eigenvalue weighted by molar-refractivity contribution is 0.848. The number of hydrogen-bond acceptors (Lipinski definition) is 5. The van der Waals surface area contributed by atoms with Gasteiger partial charge < -0.3 is 5.84 Å². The maximum absolute atomic E-state index is 6.06.